The van der Waals surface area contributed by atoms with Crippen LogP contribution in [0.1, 0.15) is 36.3 Å². The number of nitrogens with zero attached hydrogens (tertiary/aromatic N) is 1. The van der Waals surface area contributed by atoms with Crippen LogP contribution in [0.4, 0.5) is 0 Å². The first kappa shape index (κ1) is 11.2. The first-order valence-electron chi connectivity index (χ1n) is 6.83. The smallest absolute Gasteiger partial charge is 0.0237 e. The Labute approximate surface area is 104 Å². The van der Waals surface area contributed by atoms with E-state index in [2.05, 4.69) is 41.5 Å². The number of likely N-dealkylation sites (N-methyl/N-ethyl adjacent to an activating group) is 1. The van der Waals surface area contributed by atoms with Crippen molar-refractivity contribution in [1.29, 1.82) is 0 Å². The minimum atomic E-state index is 0.724. The predicted octanol–water partition coefficient (Wildman–Crippen LogP) is 2.36. The van der Waals surface area contributed by atoms with E-state index in [1.165, 1.54) is 25.8 Å². The fourth-order valence-electron chi connectivity index (χ4n) is 2.88. The third-order valence-electron chi connectivity index (χ3n) is 4.15. The number of rotatable bonds is 4. The molecule has 92 valence electrons. The second kappa shape index (κ2) is 4.79. The molecule has 0 radical (unpaired) electrons. The molecule has 2 nitrogen and oxygen atoms in total. The van der Waals surface area contributed by atoms with Crippen LogP contribution in [0.3, 0.4) is 0 Å². The quantitative estimate of drug-likeness (QED) is 0.854. The van der Waals surface area contributed by atoms with E-state index in [0.717, 1.165) is 25.0 Å². The van der Waals surface area contributed by atoms with Crippen LogP contribution in [0.5, 0.6) is 0 Å². The van der Waals surface area contributed by atoms with Gasteiger partial charge in [-0.05, 0) is 49.9 Å². The first-order chi connectivity index (χ1) is 8.34. The maximum absolute atomic E-state index is 3.45. The molecule has 1 heterocycles. The lowest BCUT2D eigenvalue weighted by Crippen LogP contribution is -2.33. The van der Waals surface area contributed by atoms with Crippen molar-refractivity contribution in [3.8, 4) is 0 Å². The Morgan fingerprint density at radius 2 is 2.06 bits per heavy atom. The lowest BCUT2D eigenvalue weighted by Gasteiger charge is -2.24. The highest BCUT2D eigenvalue weighted by Gasteiger charge is 2.26. The molecule has 2 aliphatic rings. The Hall–Kier alpha value is -0.860. The van der Waals surface area contributed by atoms with Gasteiger partial charge in [0.15, 0.2) is 0 Å². The van der Waals surface area contributed by atoms with Gasteiger partial charge in [0.2, 0.25) is 0 Å². The summed E-state index contributed by atoms with van der Waals surface area (Å²) in [7, 11) is 2.27. The number of hydrogen-bond acceptors (Lipinski definition) is 2. The second-order valence-corrected chi connectivity index (χ2v) is 5.53. The van der Waals surface area contributed by atoms with Crippen LogP contribution in [-0.2, 0) is 6.54 Å². The van der Waals surface area contributed by atoms with Gasteiger partial charge in [0.05, 0.1) is 0 Å². The summed E-state index contributed by atoms with van der Waals surface area (Å²) < 4.78 is 0. The molecule has 1 aliphatic carbocycles. The molecule has 1 saturated heterocycles. The van der Waals surface area contributed by atoms with E-state index in [4.69, 9.17) is 0 Å². The molecule has 17 heavy (non-hydrogen) atoms. The van der Waals surface area contributed by atoms with Gasteiger partial charge in [0.1, 0.15) is 0 Å². The Morgan fingerprint density at radius 3 is 2.76 bits per heavy atom. The molecule has 2 heteroatoms. The van der Waals surface area contributed by atoms with Gasteiger partial charge < -0.3 is 5.32 Å². The Morgan fingerprint density at radius 1 is 1.24 bits per heavy atom. The molecular weight excluding hydrogens is 208 g/mol. The summed E-state index contributed by atoms with van der Waals surface area (Å²) in [4.78, 5) is 2.52. The van der Waals surface area contributed by atoms with Gasteiger partial charge >= 0.3 is 0 Å². The summed E-state index contributed by atoms with van der Waals surface area (Å²) in [5, 5.41) is 3.45. The monoisotopic (exact) mass is 230 g/mol. The third-order valence-corrected chi connectivity index (χ3v) is 4.15. The van der Waals surface area contributed by atoms with Crippen LogP contribution in [0.15, 0.2) is 24.3 Å². The lowest BCUT2D eigenvalue weighted by atomic mass is 10.0. The van der Waals surface area contributed by atoms with Crippen molar-refractivity contribution in [2.24, 2.45) is 0 Å². The van der Waals surface area contributed by atoms with Gasteiger partial charge in [-0.2, -0.15) is 0 Å². The minimum absolute atomic E-state index is 0.724. The average Bonchev–Trinajstić information content (AvgIpc) is 3.04. The minimum Gasteiger partial charge on any atom is -0.315 e. The molecule has 1 unspecified atom stereocenters. The molecule has 1 N–H and O–H groups in total. The molecule has 1 aromatic carbocycles. The summed E-state index contributed by atoms with van der Waals surface area (Å²) in [5.41, 5.74) is 3.15. The molecule has 2 fully saturated rings. The highest BCUT2D eigenvalue weighted by Crippen LogP contribution is 2.41. The molecule has 0 amide bonds. The fraction of sp³-hybridized carbons (Fsp3) is 0.600. The Bertz CT molecular complexity index is 378. The van der Waals surface area contributed by atoms with Crippen LogP contribution in [0, 0.1) is 0 Å². The molecule has 1 aromatic rings. The topological polar surface area (TPSA) is 15.3 Å². The van der Waals surface area contributed by atoms with Gasteiger partial charge in [-0.1, -0.05) is 24.3 Å². The third kappa shape index (κ3) is 2.53. The van der Waals surface area contributed by atoms with Gasteiger partial charge in [0.25, 0.3) is 0 Å². The maximum Gasteiger partial charge on any atom is 0.0237 e. The van der Waals surface area contributed by atoms with Crippen molar-refractivity contribution in [1.82, 2.24) is 10.2 Å². The van der Waals surface area contributed by atoms with E-state index in [1.54, 1.807) is 11.1 Å². The molecule has 1 saturated carbocycles. The van der Waals surface area contributed by atoms with E-state index >= 15 is 0 Å². The lowest BCUT2D eigenvalue weighted by molar-refractivity contribution is 0.248. The van der Waals surface area contributed by atoms with E-state index < -0.39 is 0 Å². The summed E-state index contributed by atoms with van der Waals surface area (Å²) in [5.74, 6) is 0.862. The summed E-state index contributed by atoms with van der Waals surface area (Å²) in [6.45, 7) is 3.44. The van der Waals surface area contributed by atoms with Gasteiger partial charge in [-0.3, -0.25) is 4.90 Å². The van der Waals surface area contributed by atoms with Gasteiger partial charge in [-0.25, -0.2) is 0 Å². The van der Waals surface area contributed by atoms with Crippen molar-refractivity contribution in [2.45, 2.75) is 37.8 Å². The molecule has 0 bridgehead atoms. The van der Waals surface area contributed by atoms with Crippen molar-refractivity contribution >= 4 is 0 Å². The van der Waals surface area contributed by atoms with Crippen LogP contribution in [-0.4, -0.2) is 31.1 Å². The predicted molar refractivity (Wildman–Crippen MR) is 71.2 cm³/mol. The highest BCUT2D eigenvalue weighted by atomic mass is 15.2. The average molecular weight is 230 g/mol. The largest absolute Gasteiger partial charge is 0.315 e. The Kier molecular flexibility index (Phi) is 3.17. The number of benzene rings is 1. The van der Waals surface area contributed by atoms with Crippen LogP contribution in [0.25, 0.3) is 0 Å². The summed E-state index contributed by atoms with van der Waals surface area (Å²) >= 11 is 0. The van der Waals surface area contributed by atoms with Crippen molar-refractivity contribution in [3.05, 3.63) is 35.4 Å². The van der Waals surface area contributed by atoms with Crippen molar-refractivity contribution < 1.29 is 0 Å². The maximum atomic E-state index is 3.45. The molecule has 1 atom stereocenters. The van der Waals surface area contributed by atoms with Gasteiger partial charge in [0, 0.05) is 19.1 Å². The standard InChI is InChI=1S/C15H22N2/c1-17(14-8-9-16-10-14)11-13-4-2-3-5-15(13)12-6-7-12/h2-5,12,14,16H,6-11H2,1H3. The van der Waals surface area contributed by atoms with Gasteiger partial charge in [-0.15, -0.1) is 0 Å². The van der Waals surface area contributed by atoms with Crippen LogP contribution < -0.4 is 5.32 Å². The molecule has 1 aliphatic heterocycles. The zero-order chi connectivity index (χ0) is 11.7. The van der Waals surface area contributed by atoms with Crippen LogP contribution in [0.2, 0.25) is 0 Å². The summed E-state index contributed by atoms with van der Waals surface area (Å²) in [6.07, 6.45) is 4.08. The summed E-state index contributed by atoms with van der Waals surface area (Å²) in [6, 6.07) is 9.73. The zero-order valence-electron chi connectivity index (χ0n) is 10.7. The normalized spacial score (nSPS) is 24.5. The molecule has 0 spiro atoms. The molecule has 0 aromatic heterocycles. The molecular formula is C15H22N2. The Balaban J connectivity index is 1.71. The SMILES string of the molecule is CN(Cc1ccccc1C1CC1)C1CCNC1. The fourth-order valence-corrected chi connectivity index (χ4v) is 2.88. The van der Waals surface area contributed by atoms with Crippen LogP contribution >= 0.6 is 0 Å². The van der Waals surface area contributed by atoms with Crippen molar-refractivity contribution in [3.63, 3.8) is 0 Å². The highest BCUT2D eigenvalue weighted by molar-refractivity contribution is 5.33. The van der Waals surface area contributed by atoms with Crippen molar-refractivity contribution in [2.75, 3.05) is 20.1 Å². The second-order valence-electron chi connectivity index (χ2n) is 5.53. The number of nitrogens with one attached hydrogen (secondary N) is 1. The van der Waals surface area contributed by atoms with E-state index in [1.807, 2.05) is 0 Å². The zero-order valence-corrected chi connectivity index (χ0v) is 10.7. The molecule has 3 rings (SSSR count). The van der Waals surface area contributed by atoms with E-state index in [-0.39, 0.29) is 0 Å². The van der Waals surface area contributed by atoms with E-state index in [9.17, 15) is 0 Å². The number of hydrogen-bond donors (Lipinski definition) is 1. The first-order valence-corrected chi connectivity index (χ1v) is 6.83. The van der Waals surface area contributed by atoms with E-state index in [0.29, 0.717) is 0 Å².